The van der Waals surface area contributed by atoms with E-state index in [9.17, 15) is 0 Å². The van der Waals surface area contributed by atoms with E-state index in [1.165, 1.54) is 64.7 Å². The first-order chi connectivity index (χ1) is 8.25. The lowest BCUT2D eigenvalue weighted by atomic mass is 10.0. The van der Waals surface area contributed by atoms with E-state index in [0.717, 1.165) is 6.04 Å². The van der Waals surface area contributed by atoms with Crippen LogP contribution in [0.3, 0.4) is 0 Å². The summed E-state index contributed by atoms with van der Waals surface area (Å²) in [6.07, 6.45) is 8.71. The molecule has 0 aromatic rings. The number of nitrogens with one attached hydrogen (secondary N) is 1. The molecule has 1 atom stereocenters. The molecule has 1 unspecified atom stereocenters. The van der Waals surface area contributed by atoms with Crippen LogP contribution in [0.2, 0.25) is 0 Å². The van der Waals surface area contributed by atoms with E-state index in [0.29, 0.717) is 6.04 Å². The molecule has 2 aliphatic rings. The molecule has 1 aliphatic carbocycles. The minimum absolute atomic E-state index is 0.669. The van der Waals surface area contributed by atoms with Crippen molar-refractivity contribution in [2.75, 3.05) is 40.3 Å². The molecule has 3 heteroatoms. The van der Waals surface area contributed by atoms with Gasteiger partial charge in [0.2, 0.25) is 0 Å². The molecule has 100 valence electrons. The zero-order chi connectivity index (χ0) is 12.1. The monoisotopic (exact) mass is 239 g/mol. The van der Waals surface area contributed by atoms with Gasteiger partial charge in [-0.1, -0.05) is 25.7 Å². The number of hydrogen-bond donors (Lipinski definition) is 1. The van der Waals surface area contributed by atoms with Crippen molar-refractivity contribution in [1.29, 1.82) is 0 Å². The largest absolute Gasteiger partial charge is 0.310 e. The van der Waals surface area contributed by atoms with Crippen LogP contribution in [0.15, 0.2) is 0 Å². The summed E-state index contributed by atoms with van der Waals surface area (Å²) in [5.41, 5.74) is 0. The van der Waals surface area contributed by atoms with E-state index in [4.69, 9.17) is 0 Å². The smallest absolute Gasteiger partial charge is 0.0323 e. The van der Waals surface area contributed by atoms with Crippen LogP contribution < -0.4 is 5.32 Å². The summed E-state index contributed by atoms with van der Waals surface area (Å²) >= 11 is 0. The van der Waals surface area contributed by atoms with Crippen molar-refractivity contribution in [3.8, 4) is 0 Å². The van der Waals surface area contributed by atoms with Gasteiger partial charge in [-0.15, -0.1) is 0 Å². The Labute approximate surface area is 107 Å². The van der Waals surface area contributed by atoms with Gasteiger partial charge in [0.25, 0.3) is 0 Å². The molecular weight excluding hydrogens is 210 g/mol. The van der Waals surface area contributed by atoms with Crippen LogP contribution in [-0.2, 0) is 0 Å². The van der Waals surface area contributed by atoms with Gasteiger partial charge in [0.1, 0.15) is 0 Å². The summed E-state index contributed by atoms with van der Waals surface area (Å²) in [5.74, 6) is 0. The molecule has 17 heavy (non-hydrogen) atoms. The molecule has 1 aliphatic heterocycles. The summed E-state index contributed by atoms with van der Waals surface area (Å²) in [5, 5.41) is 3.65. The Kier molecular flexibility index (Phi) is 5.26. The predicted octanol–water partition coefficient (Wildman–Crippen LogP) is 1.54. The first kappa shape index (κ1) is 13.3. The zero-order valence-corrected chi connectivity index (χ0v) is 11.6. The Morgan fingerprint density at radius 1 is 1.12 bits per heavy atom. The van der Waals surface area contributed by atoms with Crippen molar-refractivity contribution in [1.82, 2.24) is 15.1 Å². The van der Waals surface area contributed by atoms with Gasteiger partial charge in [-0.2, -0.15) is 0 Å². The lowest BCUT2D eigenvalue weighted by Crippen LogP contribution is -2.56. The summed E-state index contributed by atoms with van der Waals surface area (Å²) in [4.78, 5) is 5.06. The van der Waals surface area contributed by atoms with Gasteiger partial charge in [0, 0.05) is 38.3 Å². The average molecular weight is 239 g/mol. The summed E-state index contributed by atoms with van der Waals surface area (Å²) in [6.45, 7) is 4.86. The Bertz CT molecular complexity index is 210. The number of likely N-dealkylation sites (N-methyl/N-ethyl adjacent to an activating group) is 1. The standard InChI is InChI=1S/C14H29N3/c1-16(2)11-13-12-17(10-9-15-13)14-7-5-3-4-6-8-14/h13-15H,3-12H2,1-2H3. The topological polar surface area (TPSA) is 18.5 Å². The van der Waals surface area contributed by atoms with Crippen LogP contribution in [0.1, 0.15) is 38.5 Å². The van der Waals surface area contributed by atoms with E-state index in [1.807, 2.05) is 0 Å². The first-order valence-electron chi connectivity index (χ1n) is 7.38. The summed E-state index contributed by atoms with van der Waals surface area (Å²) in [6, 6.07) is 1.55. The average Bonchev–Trinajstić information content (AvgIpc) is 2.57. The molecule has 3 nitrogen and oxygen atoms in total. The van der Waals surface area contributed by atoms with E-state index in [-0.39, 0.29) is 0 Å². The fourth-order valence-corrected chi connectivity index (χ4v) is 3.37. The molecule has 2 fully saturated rings. The zero-order valence-electron chi connectivity index (χ0n) is 11.6. The quantitative estimate of drug-likeness (QED) is 0.754. The summed E-state index contributed by atoms with van der Waals surface area (Å²) in [7, 11) is 4.35. The third kappa shape index (κ3) is 4.23. The Morgan fingerprint density at radius 2 is 1.82 bits per heavy atom. The summed E-state index contributed by atoms with van der Waals surface area (Å²) < 4.78 is 0. The van der Waals surface area contributed by atoms with E-state index in [2.05, 4.69) is 29.2 Å². The van der Waals surface area contributed by atoms with Crippen LogP contribution in [0.5, 0.6) is 0 Å². The number of piperazine rings is 1. The molecule has 0 aromatic carbocycles. The number of hydrogen-bond acceptors (Lipinski definition) is 3. The molecule has 2 rings (SSSR count). The van der Waals surface area contributed by atoms with Crippen LogP contribution in [0, 0.1) is 0 Å². The van der Waals surface area contributed by atoms with Crippen LogP contribution in [0.4, 0.5) is 0 Å². The van der Waals surface area contributed by atoms with Gasteiger partial charge in [0.05, 0.1) is 0 Å². The van der Waals surface area contributed by atoms with Gasteiger partial charge in [-0.25, -0.2) is 0 Å². The van der Waals surface area contributed by atoms with Gasteiger partial charge in [-0.05, 0) is 26.9 Å². The highest BCUT2D eigenvalue weighted by molar-refractivity contribution is 4.85. The highest BCUT2D eigenvalue weighted by Crippen LogP contribution is 2.22. The third-order valence-electron chi connectivity index (χ3n) is 4.21. The van der Waals surface area contributed by atoms with Crippen molar-refractivity contribution >= 4 is 0 Å². The third-order valence-corrected chi connectivity index (χ3v) is 4.21. The second kappa shape index (κ2) is 6.72. The molecule has 0 amide bonds. The second-order valence-corrected chi connectivity index (χ2v) is 6.05. The Balaban J connectivity index is 1.82. The van der Waals surface area contributed by atoms with Crippen molar-refractivity contribution in [3.05, 3.63) is 0 Å². The fraction of sp³-hybridized carbons (Fsp3) is 1.00. The van der Waals surface area contributed by atoms with E-state index < -0.39 is 0 Å². The lowest BCUT2D eigenvalue weighted by molar-refractivity contribution is 0.120. The molecule has 1 N–H and O–H groups in total. The maximum Gasteiger partial charge on any atom is 0.0323 e. The minimum atomic E-state index is 0.669. The Morgan fingerprint density at radius 3 is 2.47 bits per heavy atom. The van der Waals surface area contributed by atoms with Crippen molar-refractivity contribution in [2.24, 2.45) is 0 Å². The van der Waals surface area contributed by atoms with Crippen molar-refractivity contribution < 1.29 is 0 Å². The second-order valence-electron chi connectivity index (χ2n) is 6.05. The predicted molar refractivity (Wildman–Crippen MR) is 73.4 cm³/mol. The molecule has 0 aromatic heterocycles. The molecule has 0 bridgehead atoms. The number of nitrogens with zero attached hydrogens (tertiary/aromatic N) is 2. The fourth-order valence-electron chi connectivity index (χ4n) is 3.37. The normalized spacial score (nSPS) is 29.5. The maximum atomic E-state index is 3.65. The highest BCUT2D eigenvalue weighted by atomic mass is 15.2. The van der Waals surface area contributed by atoms with E-state index >= 15 is 0 Å². The molecule has 1 heterocycles. The molecular formula is C14H29N3. The molecule has 1 saturated heterocycles. The first-order valence-corrected chi connectivity index (χ1v) is 7.38. The minimum Gasteiger partial charge on any atom is -0.310 e. The van der Waals surface area contributed by atoms with E-state index in [1.54, 1.807) is 0 Å². The molecule has 1 saturated carbocycles. The SMILES string of the molecule is CN(C)CC1CN(C2CCCCCC2)CCN1. The number of rotatable bonds is 3. The van der Waals surface area contributed by atoms with Gasteiger partial charge in [-0.3, -0.25) is 4.90 Å². The van der Waals surface area contributed by atoms with Crippen LogP contribution >= 0.6 is 0 Å². The highest BCUT2D eigenvalue weighted by Gasteiger charge is 2.26. The van der Waals surface area contributed by atoms with Crippen molar-refractivity contribution in [3.63, 3.8) is 0 Å². The maximum absolute atomic E-state index is 3.65. The Hall–Kier alpha value is -0.120. The van der Waals surface area contributed by atoms with Crippen LogP contribution in [-0.4, -0.2) is 62.2 Å². The molecule has 0 spiro atoms. The van der Waals surface area contributed by atoms with Gasteiger partial charge in [0.15, 0.2) is 0 Å². The van der Waals surface area contributed by atoms with Gasteiger partial charge < -0.3 is 10.2 Å². The molecule has 0 radical (unpaired) electrons. The van der Waals surface area contributed by atoms with Crippen LogP contribution in [0.25, 0.3) is 0 Å². The van der Waals surface area contributed by atoms with Gasteiger partial charge >= 0.3 is 0 Å². The van der Waals surface area contributed by atoms with Crippen molar-refractivity contribution in [2.45, 2.75) is 50.6 Å². The lowest BCUT2D eigenvalue weighted by Gasteiger charge is -2.39.